The molecule has 1 heterocycles. The lowest BCUT2D eigenvalue weighted by atomic mass is 10.2. The van der Waals surface area contributed by atoms with Crippen molar-refractivity contribution in [3.63, 3.8) is 0 Å². The summed E-state index contributed by atoms with van der Waals surface area (Å²) in [4.78, 5) is 14.2. The topological polar surface area (TPSA) is 41.6 Å². The van der Waals surface area contributed by atoms with Crippen LogP contribution in [0, 0.1) is 0 Å². The molecular formula is C14H19Cl3N2O2. The van der Waals surface area contributed by atoms with Gasteiger partial charge in [-0.05, 0) is 26.0 Å². The molecule has 118 valence electrons. The smallest absolute Gasteiger partial charge is 0.263 e. The van der Waals surface area contributed by atoms with Crippen molar-refractivity contribution in [1.82, 2.24) is 10.2 Å². The number of carbonyl (C=O) groups is 1. The Morgan fingerprint density at radius 1 is 1.48 bits per heavy atom. The number of nitrogens with zero attached hydrogens (tertiary/aromatic N) is 1. The zero-order valence-corrected chi connectivity index (χ0v) is 14.3. The van der Waals surface area contributed by atoms with Crippen LogP contribution in [0.4, 0.5) is 0 Å². The number of carbonyl (C=O) groups excluding carboxylic acids is 1. The van der Waals surface area contributed by atoms with Crippen LogP contribution in [-0.4, -0.2) is 42.6 Å². The van der Waals surface area contributed by atoms with E-state index in [0.29, 0.717) is 22.3 Å². The van der Waals surface area contributed by atoms with Gasteiger partial charge in [0, 0.05) is 25.7 Å². The normalized spacial score (nSPS) is 19.6. The summed E-state index contributed by atoms with van der Waals surface area (Å²) >= 11 is 12.0. The highest BCUT2D eigenvalue weighted by molar-refractivity contribution is 6.42. The number of nitrogens with one attached hydrogen (secondary N) is 1. The molecule has 1 aliphatic rings. The Morgan fingerprint density at radius 2 is 2.19 bits per heavy atom. The molecule has 21 heavy (non-hydrogen) atoms. The van der Waals surface area contributed by atoms with Crippen molar-refractivity contribution in [3.05, 3.63) is 28.2 Å². The lowest BCUT2D eigenvalue weighted by Gasteiger charge is -2.35. The highest BCUT2D eigenvalue weighted by Crippen LogP contribution is 2.32. The van der Waals surface area contributed by atoms with Crippen molar-refractivity contribution >= 4 is 41.5 Å². The number of piperazine rings is 1. The second-order valence-corrected chi connectivity index (χ2v) is 5.68. The van der Waals surface area contributed by atoms with Crippen molar-refractivity contribution in [3.8, 4) is 5.75 Å². The van der Waals surface area contributed by atoms with Gasteiger partial charge in [0.1, 0.15) is 10.8 Å². The fourth-order valence-corrected chi connectivity index (χ4v) is 2.55. The minimum Gasteiger partial charge on any atom is -0.479 e. The Morgan fingerprint density at radius 3 is 2.86 bits per heavy atom. The van der Waals surface area contributed by atoms with Crippen molar-refractivity contribution < 1.29 is 9.53 Å². The molecule has 1 N–H and O–H groups in total. The Kier molecular flexibility index (Phi) is 7.07. The first-order chi connectivity index (χ1) is 9.50. The standard InChI is InChI=1S/C14H18Cl2N2O2.ClH/c1-9-8-17-6-7-18(9)14(19)10(2)20-12-5-3-4-11(15)13(12)16;/h3-5,9-10,17H,6-8H2,1-2H3;1H/t9-,10?;/m0./s1. The van der Waals surface area contributed by atoms with E-state index in [9.17, 15) is 4.79 Å². The van der Waals surface area contributed by atoms with Gasteiger partial charge in [0.05, 0.1) is 5.02 Å². The van der Waals surface area contributed by atoms with Crippen LogP contribution >= 0.6 is 35.6 Å². The highest BCUT2D eigenvalue weighted by atomic mass is 35.5. The summed E-state index contributed by atoms with van der Waals surface area (Å²) in [5.41, 5.74) is 0. The van der Waals surface area contributed by atoms with Crippen molar-refractivity contribution in [1.29, 1.82) is 0 Å². The number of ether oxygens (including phenoxy) is 1. The van der Waals surface area contributed by atoms with Crippen LogP contribution in [0.2, 0.25) is 10.0 Å². The van der Waals surface area contributed by atoms with E-state index in [-0.39, 0.29) is 24.4 Å². The molecule has 1 aromatic carbocycles. The Balaban J connectivity index is 0.00000220. The molecule has 2 atom stereocenters. The molecule has 1 aliphatic heterocycles. The van der Waals surface area contributed by atoms with Gasteiger partial charge in [-0.25, -0.2) is 0 Å². The van der Waals surface area contributed by atoms with E-state index < -0.39 is 6.10 Å². The van der Waals surface area contributed by atoms with Crippen LogP contribution in [0.25, 0.3) is 0 Å². The zero-order valence-electron chi connectivity index (χ0n) is 11.9. The molecule has 0 bridgehead atoms. The van der Waals surface area contributed by atoms with Crippen molar-refractivity contribution in [2.24, 2.45) is 0 Å². The SMILES string of the molecule is CC(Oc1cccc(Cl)c1Cl)C(=O)N1CCNC[C@@H]1C.Cl. The van der Waals surface area contributed by atoms with Gasteiger partial charge in [-0.3, -0.25) is 4.79 Å². The molecular weight excluding hydrogens is 335 g/mol. The second kappa shape index (κ2) is 8.08. The molecule has 1 unspecified atom stereocenters. The Bertz CT molecular complexity index is 499. The number of benzene rings is 1. The molecule has 1 fully saturated rings. The summed E-state index contributed by atoms with van der Waals surface area (Å²) in [5, 5.41) is 4.00. The predicted octanol–water partition coefficient (Wildman–Crippen LogP) is 3.00. The monoisotopic (exact) mass is 352 g/mol. The first kappa shape index (κ1) is 18.4. The number of rotatable bonds is 3. The first-order valence-electron chi connectivity index (χ1n) is 6.62. The van der Waals surface area contributed by atoms with Gasteiger partial charge in [-0.15, -0.1) is 12.4 Å². The minimum atomic E-state index is -0.591. The maximum absolute atomic E-state index is 12.4. The van der Waals surface area contributed by atoms with Crippen molar-refractivity contribution in [2.45, 2.75) is 26.0 Å². The summed E-state index contributed by atoms with van der Waals surface area (Å²) in [7, 11) is 0. The molecule has 0 radical (unpaired) electrons. The lowest BCUT2D eigenvalue weighted by molar-refractivity contribution is -0.140. The number of hydrogen-bond acceptors (Lipinski definition) is 3. The first-order valence-corrected chi connectivity index (χ1v) is 7.38. The number of hydrogen-bond donors (Lipinski definition) is 1. The van der Waals surface area contributed by atoms with Gasteiger partial charge in [-0.2, -0.15) is 0 Å². The highest BCUT2D eigenvalue weighted by Gasteiger charge is 2.28. The van der Waals surface area contributed by atoms with Crippen molar-refractivity contribution in [2.75, 3.05) is 19.6 Å². The minimum absolute atomic E-state index is 0. The molecule has 7 heteroatoms. The van der Waals surface area contributed by atoms with Crippen LogP contribution in [-0.2, 0) is 4.79 Å². The molecule has 0 spiro atoms. The lowest BCUT2D eigenvalue weighted by Crippen LogP contribution is -2.55. The third kappa shape index (κ3) is 4.39. The van der Waals surface area contributed by atoms with Crippen LogP contribution < -0.4 is 10.1 Å². The maximum Gasteiger partial charge on any atom is 0.263 e. The van der Waals surface area contributed by atoms with Crippen LogP contribution in [0.15, 0.2) is 18.2 Å². The van der Waals surface area contributed by atoms with E-state index in [1.165, 1.54) is 0 Å². The summed E-state index contributed by atoms with van der Waals surface area (Å²) in [5.74, 6) is 0.401. The summed E-state index contributed by atoms with van der Waals surface area (Å²) in [6.45, 7) is 6.05. The summed E-state index contributed by atoms with van der Waals surface area (Å²) in [6, 6.07) is 5.30. The van der Waals surface area contributed by atoms with Gasteiger partial charge < -0.3 is 15.0 Å². The van der Waals surface area contributed by atoms with Gasteiger partial charge in [0.15, 0.2) is 6.10 Å². The van der Waals surface area contributed by atoms with Gasteiger partial charge in [0.2, 0.25) is 0 Å². The molecule has 0 aliphatic carbocycles. The molecule has 0 saturated carbocycles. The second-order valence-electron chi connectivity index (χ2n) is 4.90. The van der Waals surface area contributed by atoms with E-state index in [1.54, 1.807) is 25.1 Å². The quantitative estimate of drug-likeness (QED) is 0.908. The molecule has 1 saturated heterocycles. The number of halogens is 3. The van der Waals surface area contributed by atoms with Gasteiger partial charge in [0.25, 0.3) is 5.91 Å². The third-order valence-corrected chi connectivity index (χ3v) is 4.15. The van der Waals surface area contributed by atoms with E-state index in [4.69, 9.17) is 27.9 Å². The van der Waals surface area contributed by atoms with E-state index in [2.05, 4.69) is 5.32 Å². The Hall–Kier alpha value is -0.680. The molecule has 2 rings (SSSR count). The average Bonchev–Trinajstić information content (AvgIpc) is 2.43. The maximum atomic E-state index is 12.4. The number of amides is 1. The molecule has 1 amide bonds. The largest absolute Gasteiger partial charge is 0.479 e. The molecule has 4 nitrogen and oxygen atoms in total. The average molecular weight is 354 g/mol. The van der Waals surface area contributed by atoms with Crippen LogP contribution in [0.5, 0.6) is 5.75 Å². The fourth-order valence-electron chi connectivity index (χ4n) is 2.22. The van der Waals surface area contributed by atoms with E-state index >= 15 is 0 Å². The molecule has 0 aromatic heterocycles. The van der Waals surface area contributed by atoms with Crippen LogP contribution in [0.3, 0.4) is 0 Å². The fraction of sp³-hybridized carbons (Fsp3) is 0.500. The predicted molar refractivity (Wildman–Crippen MR) is 87.8 cm³/mol. The van der Waals surface area contributed by atoms with Gasteiger partial charge in [-0.1, -0.05) is 29.3 Å². The third-order valence-electron chi connectivity index (χ3n) is 3.35. The summed E-state index contributed by atoms with van der Waals surface area (Å²) in [6.07, 6.45) is -0.591. The Labute approximate surface area is 141 Å². The van der Waals surface area contributed by atoms with Gasteiger partial charge >= 0.3 is 0 Å². The van der Waals surface area contributed by atoms with Crippen LogP contribution in [0.1, 0.15) is 13.8 Å². The zero-order chi connectivity index (χ0) is 14.7. The van der Waals surface area contributed by atoms with E-state index in [0.717, 1.165) is 13.1 Å². The van der Waals surface area contributed by atoms with E-state index in [1.807, 2.05) is 11.8 Å². The molecule has 1 aromatic rings. The summed E-state index contributed by atoms with van der Waals surface area (Å²) < 4.78 is 5.66.